The van der Waals surface area contributed by atoms with Gasteiger partial charge >= 0.3 is 0 Å². The topological polar surface area (TPSA) is 105 Å². The summed E-state index contributed by atoms with van der Waals surface area (Å²) in [6.07, 6.45) is 0.751. The Labute approximate surface area is 142 Å². The standard InChI is InChI=1S/C15H24N2O6S/c1-5-9-22-10-23-17(4)24(20,21)15(19)14(18)16-13-11(2)7-6-8-12(13)3/h6-8,15,19H,5,9-10H2,1-4H3,(H,16,18). The lowest BCUT2D eigenvalue weighted by molar-refractivity contribution is -0.164. The van der Waals surface area contributed by atoms with Gasteiger partial charge in [-0.25, -0.2) is 8.42 Å². The van der Waals surface area contributed by atoms with Crippen molar-refractivity contribution >= 4 is 21.6 Å². The molecular formula is C15H24N2O6S. The summed E-state index contributed by atoms with van der Waals surface area (Å²) >= 11 is 0. The molecule has 1 unspecified atom stereocenters. The number of carbonyl (C=O) groups excluding carboxylic acids is 1. The number of amides is 1. The molecule has 8 nitrogen and oxygen atoms in total. The van der Waals surface area contributed by atoms with Crippen LogP contribution in [0.1, 0.15) is 24.5 Å². The third kappa shape index (κ3) is 5.25. The fourth-order valence-electron chi connectivity index (χ4n) is 1.86. The number of aryl methyl sites for hydroxylation is 2. The lowest BCUT2D eigenvalue weighted by Gasteiger charge is -2.20. The number of rotatable bonds is 9. The van der Waals surface area contributed by atoms with E-state index in [1.54, 1.807) is 26.0 Å². The lowest BCUT2D eigenvalue weighted by atomic mass is 10.1. The van der Waals surface area contributed by atoms with E-state index in [4.69, 9.17) is 9.57 Å². The molecule has 0 spiro atoms. The maximum absolute atomic E-state index is 12.1. The first kappa shape index (κ1) is 20.5. The molecule has 1 atom stereocenters. The van der Waals surface area contributed by atoms with Crippen molar-refractivity contribution in [1.29, 1.82) is 0 Å². The van der Waals surface area contributed by atoms with Gasteiger partial charge in [0.15, 0.2) is 6.79 Å². The van der Waals surface area contributed by atoms with Crippen LogP contribution < -0.4 is 5.32 Å². The van der Waals surface area contributed by atoms with Crippen molar-refractivity contribution in [2.75, 3.05) is 25.8 Å². The first-order valence-electron chi connectivity index (χ1n) is 7.45. The van der Waals surface area contributed by atoms with Gasteiger partial charge in [-0.1, -0.05) is 29.6 Å². The van der Waals surface area contributed by atoms with E-state index < -0.39 is 21.4 Å². The van der Waals surface area contributed by atoms with Gasteiger partial charge < -0.3 is 15.2 Å². The highest BCUT2D eigenvalue weighted by atomic mass is 32.2. The Hall–Kier alpha value is -1.52. The SMILES string of the molecule is CCCOCON(C)S(=O)(=O)C(O)C(=O)Nc1c(C)cccc1C. The van der Waals surface area contributed by atoms with Crippen LogP contribution in [0.25, 0.3) is 0 Å². The molecule has 0 aliphatic carbocycles. The van der Waals surface area contributed by atoms with Gasteiger partial charge in [-0.2, -0.15) is 0 Å². The van der Waals surface area contributed by atoms with Crippen molar-refractivity contribution in [2.45, 2.75) is 32.6 Å². The molecule has 1 aromatic rings. The van der Waals surface area contributed by atoms with E-state index in [-0.39, 0.29) is 6.79 Å². The number of hydroxylamine groups is 1. The summed E-state index contributed by atoms with van der Waals surface area (Å²) in [5.41, 5.74) is -0.324. The molecule has 1 aromatic carbocycles. The van der Waals surface area contributed by atoms with Crippen LogP contribution in [0.15, 0.2) is 18.2 Å². The number of benzene rings is 1. The zero-order chi connectivity index (χ0) is 18.3. The fraction of sp³-hybridized carbons (Fsp3) is 0.533. The summed E-state index contributed by atoms with van der Waals surface area (Å²) in [6, 6.07) is 5.35. The van der Waals surface area contributed by atoms with Crippen LogP contribution in [0.5, 0.6) is 0 Å². The van der Waals surface area contributed by atoms with E-state index in [0.29, 0.717) is 16.8 Å². The summed E-state index contributed by atoms with van der Waals surface area (Å²) in [7, 11) is -3.31. The molecule has 2 N–H and O–H groups in total. The van der Waals surface area contributed by atoms with E-state index in [1.165, 1.54) is 0 Å². The van der Waals surface area contributed by atoms with Gasteiger partial charge in [0, 0.05) is 19.3 Å². The van der Waals surface area contributed by atoms with E-state index in [0.717, 1.165) is 24.6 Å². The lowest BCUT2D eigenvalue weighted by Crippen LogP contribution is -2.43. The van der Waals surface area contributed by atoms with Crippen LogP contribution >= 0.6 is 0 Å². The van der Waals surface area contributed by atoms with Crippen molar-refractivity contribution in [3.63, 3.8) is 0 Å². The molecule has 1 rings (SSSR count). The van der Waals surface area contributed by atoms with Crippen molar-refractivity contribution in [1.82, 2.24) is 4.47 Å². The van der Waals surface area contributed by atoms with E-state index in [9.17, 15) is 18.3 Å². The second kappa shape index (κ2) is 9.09. The van der Waals surface area contributed by atoms with Crippen LogP contribution in [-0.4, -0.2) is 49.8 Å². The Morgan fingerprint density at radius 1 is 1.33 bits per heavy atom. The molecule has 0 aliphatic rings. The predicted molar refractivity (Wildman–Crippen MR) is 89.4 cm³/mol. The normalized spacial score (nSPS) is 13.1. The van der Waals surface area contributed by atoms with Gasteiger partial charge in [-0.05, 0) is 31.4 Å². The van der Waals surface area contributed by atoms with Gasteiger partial charge in [0.2, 0.25) is 0 Å². The average molecular weight is 360 g/mol. The summed E-state index contributed by atoms with van der Waals surface area (Å²) in [6.45, 7) is 5.54. The Morgan fingerprint density at radius 2 is 1.92 bits per heavy atom. The number of nitrogens with zero attached hydrogens (tertiary/aromatic N) is 1. The number of carbonyl (C=O) groups is 1. The average Bonchev–Trinajstić information content (AvgIpc) is 2.53. The zero-order valence-corrected chi connectivity index (χ0v) is 15.1. The predicted octanol–water partition coefficient (Wildman–Crippen LogP) is 1.14. The van der Waals surface area contributed by atoms with Crippen molar-refractivity contribution < 1.29 is 27.9 Å². The van der Waals surface area contributed by atoms with Gasteiger partial charge in [-0.3, -0.25) is 9.63 Å². The summed E-state index contributed by atoms with van der Waals surface area (Å²) in [5.74, 6) is -1.06. The smallest absolute Gasteiger partial charge is 0.272 e. The molecule has 0 saturated carbocycles. The Balaban J connectivity index is 2.76. The number of hydrogen-bond donors (Lipinski definition) is 2. The number of nitrogens with one attached hydrogen (secondary N) is 1. The second-order valence-corrected chi connectivity index (χ2v) is 7.21. The number of hydrogen-bond acceptors (Lipinski definition) is 6. The molecule has 24 heavy (non-hydrogen) atoms. The quantitative estimate of drug-likeness (QED) is 0.389. The second-order valence-electron chi connectivity index (χ2n) is 5.22. The molecule has 0 aliphatic heterocycles. The minimum atomic E-state index is -4.40. The Bertz CT molecular complexity index is 642. The number of aliphatic hydroxyl groups is 1. The molecule has 0 bridgehead atoms. The van der Waals surface area contributed by atoms with Crippen LogP contribution in [0.3, 0.4) is 0 Å². The number of ether oxygens (including phenoxy) is 1. The highest BCUT2D eigenvalue weighted by Crippen LogP contribution is 2.20. The highest BCUT2D eigenvalue weighted by molar-refractivity contribution is 7.90. The first-order chi connectivity index (χ1) is 11.2. The summed E-state index contributed by atoms with van der Waals surface area (Å²) < 4.78 is 29.7. The monoisotopic (exact) mass is 360 g/mol. The molecule has 0 fully saturated rings. The number of sulfonamides is 1. The van der Waals surface area contributed by atoms with Crippen molar-refractivity contribution in [3.8, 4) is 0 Å². The Morgan fingerprint density at radius 3 is 2.46 bits per heavy atom. The van der Waals surface area contributed by atoms with Gasteiger partial charge in [0.25, 0.3) is 21.4 Å². The maximum Gasteiger partial charge on any atom is 0.272 e. The molecule has 0 radical (unpaired) electrons. The Kier molecular flexibility index (Phi) is 7.77. The maximum atomic E-state index is 12.1. The molecule has 1 amide bonds. The van der Waals surface area contributed by atoms with Crippen LogP contribution in [0.4, 0.5) is 5.69 Å². The molecular weight excluding hydrogens is 336 g/mol. The molecule has 0 aromatic heterocycles. The third-order valence-electron chi connectivity index (χ3n) is 3.26. The first-order valence-corrected chi connectivity index (χ1v) is 8.95. The van der Waals surface area contributed by atoms with Crippen LogP contribution in [-0.2, 0) is 24.4 Å². The molecule has 0 heterocycles. The van der Waals surface area contributed by atoms with E-state index >= 15 is 0 Å². The number of aliphatic hydroxyl groups excluding tert-OH is 1. The minimum absolute atomic E-state index is 0.297. The van der Waals surface area contributed by atoms with E-state index in [1.807, 2.05) is 13.0 Å². The van der Waals surface area contributed by atoms with Gasteiger partial charge in [-0.15, -0.1) is 0 Å². The van der Waals surface area contributed by atoms with Crippen molar-refractivity contribution in [2.24, 2.45) is 0 Å². The minimum Gasteiger partial charge on any atom is -0.368 e. The van der Waals surface area contributed by atoms with Gasteiger partial charge in [0.05, 0.1) is 0 Å². The largest absolute Gasteiger partial charge is 0.368 e. The number of anilines is 1. The van der Waals surface area contributed by atoms with Crippen LogP contribution in [0, 0.1) is 13.8 Å². The summed E-state index contributed by atoms with van der Waals surface area (Å²) in [5, 5.41) is 12.3. The molecule has 0 saturated heterocycles. The highest BCUT2D eigenvalue weighted by Gasteiger charge is 2.35. The summed E-state index contributed by atoms with van der Waals surface area (Å²) in [4.78, 5) is 17.0. The van der Waals surface area contributed by atoms with Gasteiger partial charge in [0.1, 0.15) is 0 Å². The fourth-order valence-corrected chi connectivity index (χ4v) is 2.66. The molecule has 9 heteroatoms. The third-order valence-corrected chi connectivity index (χ3v) is 4.86. The van der Waals surface area contributed by atoms with Crippen molar-refractivity contribution in [3.05, 3.63) is 29.3 Å². The zero-order valence-electron chi connectivity index (χ0n) is 14.3. The number of para-hydroxylation sites is 1. The van der Waals surface area contributed by atoms with E-state index in [2.05, 4.69) is 5.32 Å². The van der Waals surface area contributed by atoms with Crippen LogP contribution in [0.2, 0.25) is 0 Å². The molecule has 136 valence electrons.